The molecule has 0 atom stereocenters. The molecule has 0 unspecified atom stereocenters. The van der Waals surface area contributed by atoms with Gasteiger partial charge in [-0.3, -0.25) is 0 Å². The molecule has 3 aromatic rings. The molecule has 124 valence electrons. The first-order chi connectivity index (χ1) is 12.2. The van der Waals surface area contributed by atoms with Gasteiger partial charge in [-0.15, -0.1) is 0 Å². The summed E-state index contributed by atoms with van der Waals surface area (Å²) in [5.41, 5.74) is 4.72. The predicted molar refractivity (Wildman–Crippen MR) is 98.1 cm³/mol. The summed E-state index contributed by atoms with van der Waals surface area (Å²) < 4.78 is 1.92. The normalized spacial score (nSPS) is 12.5. The summed E-state index contributed by atoms with van der Waals surface area (Å²) in [6, 6.07) is 8.12. The molecule has 25 heavy (non-hydrogen) atoms. The molecule has 3 heterocycles. The first-order valence-electron chi connectivity index (χ1n) is 8.20. The van der Waals surface area contributed by atoms with Gasteiger partial charge in [-0.05, 0) is 36.1 Å². The first-order valence-corrected chi connectivity index (χ1v) is 8.58. The minimum absolute atomic E-state index is 0.607. The third-order valence-electron chi connectivity index (χ3n) is 4.52. The third-order valence-corrected chi connectivity index (χ3v) is 4.76. The summed E-state index contributed by atoms with van der Waals surface area (Å²) in [7, 11) is 0. The Labute approximate surface area is 150 Å². The Morgan fingerprint density at radius 1 is 1.28 bits per heavy atom. The molecule has 1 N–H and O–H groups in total. The van der Waals surface area contributed by atoms with E-state index in [4.69, 9.17) is 11.6 Å². The summed E-state index contributed by atoms with van der Waals surface area (Å²) >= 11 is 6.20. The molecule has 1 aliphatic heterocycles. The molecule has 0 saturated carbocycles. The maximum absolute atomic E-state index is 9.62. The number of nitrogens with zero attached hydrogens (tertiary/aromatic N) is 4. The molecule has 2 aromatic heterocycles. The Hall–Kier alpha value is -2.84. The van der Waals surface area contributed by atoms with E-state index in [9.17, 15) is 5.26 Å². The summed E-state index contributed by atoms with van der Waals surface area (Å²) in [6.07, 6.45) is 7.09. The van der Waals surface area contributed by atoms with Crippen molar-refractivity contribution in [1.29, 1.82) is 5.26 Å². The van der Waals surface area contributed by atoms with Crippen molar-refractivity contribution >= 4 is 17.4 Å². The zero-order valence-corrected chi connectivity index (χ0v) is 14.5. The van der Waals surface area contributed by atoms with E-state index in [1.807, 2.05) is 35.2 Å². The lowest BCUT2D eigenvalue weighted by atomic mass is 9.98. The van der Waals surface area contributed by atoms with E-state index in [1.54, 1.807) is 6.33 Å². The SMILES string of the molecule is CCc1ccc(Cl)cc1-c1cn(-c2ncnc3c2CCN3)cc1C#N. The second-order valence-electron chi connectivity index (χ2n) is 5.96. The molecule has 0 radical (unpaired) electrons. The van der Waals surface area contributed by atoms with E-state index >= 15 is 0 Å². The Balaban J connectivity index is 1.90. The molecule has 0 saturated heterocycles. The van der Waals surface area contributed by atoms with Crippen molar-refractivity contribution in [3.63, 3.8) is 0 Å². The third kappa shape index (κ3) is 2.65. The highest BCUT2D eigenvalue weighted by molar-refractivity contribution is 6.30. The number of nitriles is 1. The van der Waals surface area contributed by atoms with Crippen LogP contribution in [-0.2, 0) is 12.8 Å². The van der Waals surface area contributed by atoms with Crippen LogP contribution in [0.3, 0.4) is 0 Å². The van der Waals surface area contributed by atoms with Gasteiger partial charge >= 0.3 is 0 Å². The number of hydrogen-bond donors (Lipinski definition) is 1. The summed E-state index contributed by atoms with van der Waals surface area (Å²) in [5.74, 6) is 1.69. The van der Waals surface area contributed by atoms with Crippen molar-refractivity contribution < 1.29 is 0 Å². The molecule has 0 aliphatic carbocycles. The van der Waals surface area contributed by atoms with Crippen LogP contribution in [0.25, 0.3) is 16.9 Å². The summed E-state index contributed by atoms with van der Waals surface area (Å²) in [5, 5.41) is 13.5. The van der Waals surface area contributed by atoms with Gasteiger partial charge in [-0.2, -0.15) is 5.26 Å². The molecule has 6 heteroatoms. The molecular weight excluding hydrogens is 334 g/mol. The van der Waals surface area contributed by atoms with Crippen molar-refractivity contribution in [3.8, 4) is 23.0 Å². The highest BCUT2D eigenvalue weighted by atomic mass is 35.5. The van der Waals surface area contributed by atoms with Crippen molar-refractivity contribution in [2.24, 2.45) is 0 Å². The highest BCUT2D eigenvalue weighted by Crippen LogP contribution is 2.33. The molecule has 0 amide bonds. The van der Waals surface area contributed by atoms with Crippen molar-refractivity contribution in [3.05, 3.63) is 58.6 Å². The quantitative estimate of drug-likeness (QED) is 0.776. The van der Waals surface area contributed by atoms with E-state index in [1.165, 1.54) is 0 Å². The highest BCUT2D eigenvalue weighted by Gasteiger charge is 2.20. The lowest BCUT2D eigenvalue weighted by Crippen LogP contribution is -2.00. The number of benzene rings is 1. The standard InChI is InChI=1S/C19H16ClN5/c1-2-12-3-4-14(20)7-16(12)17-10-25(9-13(17)8-21)19-15-5-6-22-18(15)23-11-24-19/h3-4,7,9-11H,2,5-6H2,1H3,(H,22,23,24). The zero-order chi connectivity index (χ0) is 17.4. The fourth-order valence-electron chi connectivity index (χ4n) is 3.30. The molecule has 0 fully saturated rings. The number of aryl methyl sites for hydroxylation is 1. The molecular formula is C19H16ClN5. The lowest BCUT2D eigenvalue weighted by Gasteiger charge is -2.08. The van der Waals surface area contributed by atoms with Gasteiger partial charge in [0.05, 0.1) is 5.56 Å². The smallest absolute Gasteiger partial charge is 0.145 e. The largest absolute Gasteiger partial charge is 0.369 e. The minimum Gasteiger partial charge on any atom is -0.369 e. The van der Waals surface area contributed by atoms with Gasteiger partial charge in [0.25, 0.3) is 0 Å². The molecule has 1 aliphatic rings. The van der Waals surface area contributed by atoms with Crippen molar-refractivity contribution in [2.75, 3.05) is 11.9 Å². The van der Waals surface area contributed by atoms with Crippen LogP contribution in [-0.4, -0.2) is 21.1 Å². The Morgan fingerprint density at radius 3 is 2.96 bits per heavy atom. The van der Waals surface area contributed by atoms with Gasteiger partial charge in [-0.25, -0.2) is 9.97 Å². The van der Waals surface area contributed by atoms with Crippen LogP contribution in [0, 0.1) is 11.3 Å². The zero-order valence-electron chi connectivity index (χ0n) is 13.8. The first kappa shape index (κ1) is 15.7. The topological polar surface area (TPSA) is 66.5 Å². The fourth-order valence-corrected chi connectivity index (χ4v) is 3.47. The van der Waals surface area contributed by atoms with E-state index in [0.717, 1.165) is 53.3 Å². The Bertz CT molecular complexity index is 1000. The van der Waals surface area contributed by atoms with Crippen LogP contribution in [0.4, 0.5) is 5.82 Å². The fraction of sp³-hybridized carbons (Fsp3) is 0.211. The van der Waals surface area contributed by atoms with E-state index in [2.05, 4.69) is 28.3 Å². The Morgan fingerprint density at radius 2 is 2.16 bits per heavy atom. The van der Waals surface area contributed by atoms with Gasteiger partial charge in [0.2, 0.25) is 0 Å². The molecule has 4 rings (SSSR count). The summed E-state index contributed by atoms with van der Waals surface area (Å²) in [4.78, 5) is 8.71. The number of nitrogens with one attached hydrogen (secondary N) is 1. The number of anilines is 1. The van der Waals surface area contributed by atoms with Gasteiger partial charge in [0.15, 0.2) is 0 Å². The number of halogens is 1. The van der Waals surface area contributed by atoms with Crippen molar-refractivity contribution in [2.45, 2.75) is 19.8 Å². The number of aromatic nitrogens is 3. The average Bonchev–Trinajstić information content (AvgIpc) is 3.28. The molecule has 0 spiro atoms. The maximum atomic E-state index is 9.62. The maximum Gasteiger partial charge on any atom is 0.145 e. The van der Waals surface area contributed by atoms with Crippen LogP contribution in [0.15, 0.2) is 36.9 Å². The van der Waals surface area contributed by atoms with Crippen LogP contribution >= 0.6 is 11.6 Å². The molecule has 1 aromatic carbocycles. The number of hydrogen-bond acceptors (Lipinski definition) is 4. The predicted octanol–water partition coefficient (Wildman–Crippen LogP) is 3.99. The van der Waals surface area contributed by atoms with E-state index in [-0.39, 0.29) is 0 Å². The average molecular weight is 350 g/mol. The van der Waals surface area contributed by atoms with Gasteiger partial charge in [0, 0.05) is 35.1 Å². The van der Waals surface area contributed by atoms with Crippen LogP contribution in [0.1, 0.15) is 23.6 Å². The van der Waals surface area contributed by atoms with Crippen molar-refractivity contribution in [1.82, 2.24) is 14.5 Å². The van der Waals surface area contributed by atoms with Gasteiger partial charge in [-0.1, -0.05) is 24.6 Å². The van der Waals surface area contributed by atoms with Crippen LogP contribution in [0.5, 0.6) is 0 Å². The second kappa shape index (κ2) is 6.23. The van der Waals surface area contributed by atoms with Gasteiger partial charge in [0.1, 0.15) is 24.0 Å². The monoisotopic (exact) mass is 349 g/mol. The lowest BCUT2D eigenvalue weighted by molar-refractivity contribution is 0.951. The summed E-state index contributed by atoms with van der Waals surface area (Å²) in [6.45, 7) is 2.95. The number of rotatable bonds is 3. The minimum atomic E-state index is 0.607. The van der Waals surface area contributed by atoms with E-state index < -0.39 is 0 Å². The van der Waals surface area contributed by atoms with Crippen LogP contribution < -0.4 is 5.32 Å². The van der Waals surface area contributed by atoms with Gasteiger partial charge < -0.3 is 9.88 Å². The molecule has 0 bridgehead atoms. The number of fused-ring (bicyclic) bond motifs is 1. The van der Waals surface area contributed by atoms with Crippen LogP contribution in [0.2, 0.25) is 5.02 Å². The second-order valence-corrected chi connectivity index (χ2v) is 6.40. The molecule has 5 nitrogen and oxygen atoms in total. The Kier molecular flexibility index (Phi) is 3.90. The van der Waals surface area contributed by atoms with E-state index in [0.29, 0.717) is 10.6 Å².